The van der Waals surface area contributed by atoms with Crippen molar-refractivity contribution in [1.29, 1.82) is 0 Å². The molecule has 1 aromatic rings. The maximum atomic E-state index is 12.5. The molecule has 0 saturated carbocycles. The summed E-state index contributed by atoms with van der Waals surface area (Å²) in [6.45, 7) is 3.34. The van der Waals surface area contributed by atoms with Crippen LogP contribution in [0.2, 0.25) is 0 Å². The van der Waals surface area contributed by atoms with Crippen LogP contribution in [0.1, 0.15) is 35.7 Å². The van der Waals surface area contributed by atoms with Crippen LogP contribution in [0, 0.1) is 0 Å². The highest BCUT2D eigenvalue weighted by atomic mass is 16.5. The fourth-order valence-corrected chi connectivity index (χ4v) is 2.64. The van der Waals surface area contributed by atoms with Crippen molar-refractivity contribution >= 4 is 5.91 Å². The molecule has 1 fully saturated rings. The Labute approximate surface area is 114 Å². The largest absolute Gasteiger partial charge is 0.380 e. The monoisotopic (exact) mass is 262 g/mol. The van der Waals surface area contributed by atoms with Crippen molar-refractivity contribution in [2.45, 2.75) is 38.5 Å². The Morgan fingerprint density at radius 3 is 3.00 bits per heavy atom. The molecule has 1 heterocycles. The zero-order valence-electron chi connectivity index (χ0n) is 11.6. The summed E-state index contributed by atoms with van der Waals surface area (Å²) >= 11 is 0. The van der Waals surface area contributed by atoms with Gasteiger partial charge in [0.1, 0.15) is 0 Å². The molecule has 1 aliphatic rings. The summed E-state index contributed by atoms with van der Waals surface area (Å²) in [5.74, 6) is 0.0948. The highest BCUT2D eigenvalue weighted by molar-refractivity contribution is 5.94. The van der Waals surface area contributed by atoms with Crippen LogP contribution in [-0.2, 0) is 11.3 Å². The quantitative estimate of drug-likeness (QED) is 0.903. The van der Waals surface area contributed by atoms with Crippen molar-refractivity contribution in [2.75, 3.05) is 13.7 Å². The van der Waals surface area contributed by atoms with Gasteiger partial charge in [-0.05, 0) is 37.5 Å². The molecule has 4 heteroatoms. The first-order chi connectivity index (χ1) is 9.11. The fourth-order valence-electron chi connectivity index (χ4n) is 2.64. The minimum Gasteiger partial charge on any atom is -0.380 e. The van der Waals surface area contributed by atoms with E-state index in [0.717, 1.165) is 30.5 Å². The minimum absolute atomic E-state index is 0.0948. The Kier molecular flexibility index (Phi) is 4.56. The van der Waals surface area contributed by atoms with Crippen LogP contribution in [0.3, 0.4) is 0 Å². The average molecular weight is 262 g/mol. The number of hydrogen-bond acceptors (Lipinski definition) is 3. The lowest BCUT2D eigenvalue weighted by Gasteiger charge is -2.36. The number of methoxy groups -OCH3 is 1. The number of carbonyl (C=O) groups excluding carboxylic acids is 1. The fraction of sp³-hybridized carbons (Fsp3) is 0.533. The van der Waals surface area contributed by atoms with Gasteiger partial charge in [0.2, 0.25) is 0 Å². The molecule has 0 aliphatic carbocycles. The van der Waals surface area contributed by atoms with Crippen LogP contribution >= 0.6 is 0 Å². The lowest BCUT2D eigenvalue weighted by Crippen LogP contribution is -2.48. The van der Waals surface area contributed by atoms with Crippen molar-refractivity contribution in [2.24, 2.45) is 5.73 Å². The predicted molar refractivity (Wildman–Crippen MR) is 74.9 cm³/mol. The maximum Gasteiger partial charge on any atom is 0.254 e. The number of rotatable bonds is 3. The Bertz CT molecular complexity index is 448. The van der Waals surface area contributed by atoms with E-state index in [1.807, 2.05) is 29.2 Å². The van der Waals surface area contributed by atoms with E-state index in [1.54, 1.807) is 7.11 Å². The summed E-state index contributed by atoms with van der Waals surface area (Å²) in [5.41, 5.74) is 7.69. The van der Waals surface area contributed by atoms with E-state index in [0.29, 0.717) is 6.61 Å². The summed E-state index contributed by atoms with van der Waals surface area (Å²) in [4.78, 5) is 14.4. The maximum absolute atomic E-state index is 12.5. The van der Waals surface area contributed by atoms with Crippen LogP contribution in [0.5, 0.6) is 0 Å². The van der Waals surface area contributed by atoms with E-state index in [-0.39, 0.29) is 18.0 Å². The lowest BCUT2D eigenvalue weighted by molar-refractivity contribution is 0.0618. The molecule has 4 nitrogen and oxygen atoms in total. The molecule has 1 saturated heterocycles. The normalized spacial score (nSPS) is 23.4. The molecule has 0 bridgehead atoms. The van der Waals surface area contributed by atoms with Gasteiger partial charge in [-0.25, -0.2) is 0 Å². The molecular weight excluding hydrogens is 240 g/mol. The Morgan fingerprint density at radius 1 is 1.53 bits per heavy atom. The topological polar surface area (TPSA) is 55.6 Å². The van der Waals surface area contributed by atoms with Gasteiger partial charge in [-0.1, -0.05) is 12.1 Å². The first kappa shape index (κ1) is 14.0. The van der Waals surface area contributed by atoms with E-state index in [4.69, 9.17) is 10.5 Å². The average Bonchev–Trinajstić information content (AvgIpc) is 2.39. The number of carbonyl (C=O) groups is 1. The van der Waals surface area contributed by atoms with Crippen molar-refractivity contribution in [3.05, 3.63) is 35.4 Å². The molecule has 1 aliphatic heterocycles. The van der Waals surface area contributed by atoms with E-state index in [9.17, 15) is 4.79 Å². The third-order valence-corrected chi connectivity index (χ3v) is 3.66. The summed E-state index contributed by atoms with van der Waals surface area (Å²) in [6, 6.07) is 8.08. The van der Waals surface area contributed by atoms with Crippen LogP contribution in [0.25, 0.3) is 0 Å². The van der Waals surface area contributed by atoms with Gasteiger partial charge in [0, 0.05) is 31.3 Å². The molecule has 1 amide bonds. The number of piperidine rings is 1. The van der Waals surface area contributed by atoms with Gasteiger partial charge in [0.05, 0.1) is 6.61 Å². The van der Waals surface area contributed by atoms with Gasteiger partial charge in [-0.15, -0.1) is 0 Å². The number of benzene rings is 1. The molecule has 0 radical (unpaired) electrons. The molecule has 1 aromatic carbocycles. The van der Waals surface area contributed by atoms with Crippen LogP contribution in [-0.4, -0.2) is 36.5 Å². The molecule has 104 valence electrons. The SMILES string of the molecule is COCc1cccc(C(=O)N2CC[C@@H](N)C[C@@H]2C)c1. The molecule has 2 N–H and O–H groups in total. The molecule has 0 unspecified atom stereocenters. The summed E-state index contributed by atoms with van der Waals surface area (Å²) in [7, 11) is 1.66. The molecule has 2 rings (SSSR count). The summed E-state index contributed by atoms with van der Waals surface area (Å²) in [6.07, 6.45) is 1.76. The summed E-state index contributed by atoms with van der Waals surface area (Å²) < 4.78 is 5.10. The number of likely N-dealkylation sites (tertiary alicyclic amines) is 1. The Hall–Kier alpha value is -1.39. The highest BCUT2D eigenvalue weighted by Crippen LogP contribution is 2.19. The van der Waals surface area contributed by atoms with Gasteiger partial charge < -0.3 is 15.4 Å². The number of amides is 1. The second-order valence-electron chi connectivity index (χ2n) is 5.27. The predicted octanol–water partition coefficient (Wildman–Crippen LogP) is 1.78. The minimum atomic E-state index is 0.0948. The van der Waals surface area contributed by atoms with E-state index in [1.165, 1.54) is 0 Å². The first-order valence-electron chi connectivity index (χ1n) is 6.76. The zero-order valence-corrected chi connectivity index (χ0v) is 11.6. The van der Waals surface area contributed by atoms with Gasteiger partial charge in [-0.2, -0.15) is 0 Å². The Balaban J connectivity index is 2.12. The van der Waals surface area contributed by atoms with Gasteiger partial charge in [0.25, 0.3) is 5.91 Å². The van der Waals surface area contributed by atoms with Gasteiger partial charge >= 0.3 is 0 Å². The van der Waals surface area contributed by atoms with E-state index >= 15 is 0 Å². The number of hydrogen-bond donors (Lipinski definition) is 1. The van der Waals surface area contributed by atoms with Crippen molar-refractivity contribution in [3.8, 4) is 0 Å². The summed E-state index contributed by atoms with van der Waals surface area (Å²) in [5, 5.41) is 0. The van der Waals surface area contributed by atoms with Crippen LogP contribution in [0.4, 0.5) is 0 Å². The second-order valence-corrected chi connectivity index (χ2v) is 5.27. The van der Waals surface area contributed by atoms with Crippen LogP contribution < -0.4 is 5.73 Å². The van der Waals surface area contributed by atoms with Gasteiger partial charge in [0.15, 0.2) is 0 Å². The number of ether oxygens (including phenoxy) is 1. The highest BCUT2D eigenvalue weighted by Gasteiger charge is 2.27. The number of nitrogens with zero attached hydrogens (tertiary/aromatic N) is 1. The molecule has 0 spiro atoms. The lowest BCUT2D eigenvalue weighted by atomic mass is 9.98. The van der Waals surface area contributed by atoms with Gasteiger partial charge in [-0.3, -0.25) is 4.79 Å². The van der Waals surface area contributed by atoms with E-state index in [2.05, 4.69) is 6.92 Å². The van der Waals surface area contributed by atoms with Crippen molar-refractivity contribution in [3.63, 3.8) is 0 Å². The standard InChI is InChI=1S/C15H22N2O2/c1-11-8-14(16)6-7-17(11)15(18)13-5-3-4-12(9-13)10-19-2/h3-5,9,11,14H,6-8,10,16H2,1-2H3/t11-,14+/m0/s1. The molecule has 2 atom stereocenters. The third-order valence-electron chi connectivity index (χ3n) is 3.66. The molecule has 0 aromatic heterocycles. The third kappa shape index (κ3) is 3.33. The van der Waals surface area contributed by atoms with Crippen molar-refractivity contribution < 1.29 is 9.53 Å². The Morgan fingerprint density at radius 2 is 2.32 bits per heavy atom. The zero-order chi connectivity index (χ0) is 13.8. The van der Waals surface area contributed by atoms with E-state index < -0.39 is 0 Å². The van der Waals surface area contributed by atoms with Crippen molar-refractivity contribution in [1.82, 2.24) is 4.90 Å². The number of nitrogens with two attached hydrogens (primary N) is 1. The molecular formula is C15H22N2O2. The second kappa shape index (κ2) is 6.17. The van der Waals surface area contributed by atoms with Crippen LogP contribution in [0.15, 0.2) is 24.3 Å². The smallest absolute Gasteiger partial charge is 0.254 e. The molecule has 19 heavy (non-hydrogen) atoms. The first-order valence-corrected chi connectivity index (χ1v) is 6.76.